The van der Waals surface area contributed by atoms with Crippen LogP contribution in [0, 0.1) is 0 Å². The summed E-state index contributed by atoms with van der Waals surface area (Å²) in [7, 11) is -3.57. The molecule has 30 heavy (non-hydrogen) atoms. The van der Waals surface area contributed by atoms with E-state index in [1.165, 1.54) is 9.87 Å². The molecule has 0 unspecified atom stereocenters. The lowest BCUT2D eigenvalue weighted by Crippen LogP contribution is -2.50. The zero-order valence-corrected chi connectivity index (χ0v) is 17.8. The molecule has 5 rings (SSSR count). The molecule has 158 valence electrons. The average Bonchev–Trinajstić information content (AvgIpc) is 3.42. The van der Waals surface area contributed by atoms with Crippen molar-refractivity contribution in [2.75, 3.05) is 33.0 Å². The molecule has 1 amide bonds. The molecule has 0 atom stereocenters. The van der Waals surface area contributed by atoms with Gasteiger partial charge >= 0.3 is 0 Å². The number of ether oxygens (including phenoxy) is 2. The van der Waals surface area contributed by atoms with Crippen LogP contribution in [-0.2, 0) is 22.9 Å². The van der Waals surface area contributed by atoms with E-state index < -0.39 is 10.0 Å². The molecule has 2 aromatic carbocycles. The van der Waals surface area contributed by atoms with Gasteiger partial charge in [-0.1, -0.05) is 17.7 Å². The molecular formula is C21H21ClN2O5S. The minimum absolute atomic E-state index is 0.0753. The highest BCUT2D eigenvalue weighted by atomic mass is 35.5. The maximum atomic E-state index is 13.1. The van der Waals surface area contributed by atoms with E-state index in [0.717, 1.165) is 24.8 Å². The van der Waals surface area contributed by atoms with Gasteiger partial charge in [-0.05, 0) is 54.7 Å². The first-order valence-electron chi connectivity index (χ1n) is 9.94. The first-order chi connectivity index (χ1) is 14.4. The summed E-state index contributed by atoms with van der Waals surface area (Å²) >= 11 is 6.19. The minimum Gasteiger partial charge on any atom is -0.454 e. The molecule has 0 aromatic heterocycles. The molecule has 0 N–H and O–H groups in total. The van der Waals surface area contributed by atoms with Crippen LogP contribution in [0.25, 0.3) is 0 Å². The van der Waals surface area contributed by atoms with Gasteiger partial charge in [-0.3, -0.25) is 4.79 Å². The molecule has 0 saturated carbocycles. The normalized spacial score (nSPS) is 18.5. The lowest BCUT2D eigenvalue weighted by molar-refractivity contribution is 0.0697. The summed E-state index contributed by atoms with van der Waals surface area (Å²) in [6.45, 7) is 1.21. The van der Waals surface area contributed by atoms with Crippen LogP contribution in [0.15, 0.2) is 35.2 Å². The number of fused-ring (bicyclic) bond motifs is 2. The number of amides is 1. The summed E-state index contributed by atoms with van der Waals surface area (Å²) in [6.07, 6.45) is 3.02. The summed E-state index contributed by atoms with van der Waals surface area (Å²) in [6, 6.07) is 8.61. The first kappa shape index (κ1) is 19.7. The predicted molar refractivity (Wildman–Crippen MR) is 111 cm³/mol. The molecule has 2 aliphatic heterocycles. The van der Waals surface area contributed by atoms with E-state index in [1.807, 2.05) is 12.1 Å². The van der Waals surface area contributed by atoms with Gasteiger partial charge in [-0.2, -0.15) is 4.31 Å². The van der Waals surface area contributed by atoms with Gasteiger partial charge in [0, 0.05) is 31.7 Å². The Balaban J connectivity index is 1.29. The molecule has 2 heterocycles. The number of halogens is 1. The number of piperazine rings is 1. The molecule has 2 aromatic rings. The highest BCUT2D eigenvalue weighted by Gasteiger charge is 2.32. The van der Waals surface area contributed by atoms with Gasteiger partial charge in [0.15, 0.2) is 11.5 Å². The number of sulfonamides is 1. The molecular weight excluding hydrogens is 428 g/mol. The topological polar surface area (TPSA) is 76.2 Å². The van der Waals surface area contributed by atoms with Crippen molar-refractivity contribution in [3.8, 4) is 11.5 Å². The summed E-state index contributed by atoms with van der Waals surface area (Å²) in [5.74, 6) is 0.687. The first-order valence-corrected chi connectivity index (χ1v) is 11.8. The van der Waals surface area contributed by atoms with Gasteiger partial charge in [0.05, 0.1) is 9.92 Å². The number of benzene rings is 2. The van der Waals surface area contributed by atoms with Crippen LogP contribution in [0.2, 0.25) is 5.02 Å². The van der Waals surface area contributed by atoms with Crippen molar-refractivity contribution < 1.29 is 22.7 Å². The van der Waals surface area contributed by atoms with Crippen LogP contribution in [0.1, 0.15) is 27.9 Å². The van der Waals surface area contributed by atoms with Gasteiger partial charge in [0.25, 0.3) is 5.91 Å². The third-order valence-corrected chi connectivity index (χ3v) is 8.08. The summed E-state index contributed by atoms with van der Waals surface area (Å²) < 4.78 is 38.2. The molecule has 0 radical (unpaired) electrons. The van der Waals surface area contributed by atoms with Crippen LogP contribution in [0.3, 0.4) is 0 Å². The predicted octanol–water partition coefficient (Wildman–Crippen LogP) is 2.70. The Bertz CT molecular complexity index is 1130. The number of nitrogens with zero attached hydrogens (tertiary/aromatic N) is 2. The largest absolute Gasteiger partial charge is 0.454 e. The highest BCUT2D eigenvalue weighted by molar-refractivity contribution is 7.89. The van der Waals surface area contributed by atoms with Gasteiger partial charge in [0.1, 0.15) is 0 Å². The average molecular weight is 449 g/mol. The number of carbonyl (C=O) groups is 1. The van der Waals surface area contributed by atoms with Crippen molar-refractivity contribution in [3.05, 3.63) is 52.0 Å². The lowest BCUT2D eigenvalue weighted by atomic mass is 10.1. The Hall–Kier alpha value is -2.29. The summed E-state index contributed by atoms with van der Waals surface area (Å²) in [5, 5.41) is 0.325. The lowest BCUT2D eigenvalue weighted by Gasteiger charge is -2.34. The van der Waals surface area contributed by atoms with Crippen molar-refractivity contribution in [2.24, 2.45) is 0 Å². The number of hydrogen-bond acceptors (Lipinski definition) is 5. The molecule has 1 aliphatic carbocycles. The van der Waals surface area contributed by atoms with E-state index in [9.17, 15) is 13.2 Å². The summed E-state index contributed by atoms with van der Waals surface area (Å²) in [4.78, 5) is 14.9. The molecule has 1 fully saturated rings. The van der Waals surface area contributed by atoms with Gasteiger partial charge < -0.3 is 14.4 Å². The quantitative estimate of drug-likeness (QED) is 0.721. The van der Waals surface area contributed by atoms with Crippen molar-refractivity contribution >= 4 is 27.5 Å². The van der Waals surface area contributed by atoms with Crippen molar-refractivity contribution in [2.45, 2.75) is 24.2 Å². The number of carbonyl (C=O) groups excluding carboxylic acids is 1. The second kappa shape index (κ2) is 7.44. The van der Waals surface area contributed by atoms with Gasteiger partial charge in [-0.25, -0.2) is 8.42 Å². The number of rotatable bonds is 3. The van der Waals surface area contributed by atoms with Crippen molar-refractivity contribution in [3.63, 3.8) is 0 Å². The third kappa shape index (κ3) is 3.33. The molecule has 3 aliphatic rings. The van der Waals surface area contributed by atoms with Crippen molar-refractivity contribution in [1.82, 2.24) is 9.21 Å². The zero-order chi connectivity index (χ0) is 20.9. The smallest absolute Gasteiger partial charge is 0.254 e. The molecule has 7 nitrogen and oxygen atoms in total. The fourth-order valence-corrected chi connectivity index (χ4v) is 6.00. The van der Waals surface area contributed by atoms with E-state index in [1.54, 1.807) is 23.1 Å². The van der Waals surface area contributed by atoms with Crippen LogP contribution < -0.4 is 9.47 Å². The Labute approximate surface area is 180 Å². The Morgan fingerprint density at radius 1 is 0.967 bits per heavy atom. The summed E-state index contributed by atoms with van der Waals surface area (Å²) in [5.41, 5.74) is 2.77. The maximum Gasteiger partial charge on any atom is 0.254 e. The number of aryl methyl sites for hydroxylation is 2. The SMILES string of the molecule is O=C(c1cc(Cl)c2c(c1)OCO2)N1CCN(S(=O)(=O)c2ccc3c(c2)CCC3)CC1. The fourth-order valence-electron chi connectivity index (χ4n) is 4.26. The fraction of sp³-hybridized carbons (Fsp3) is 0.381. The zero-order valence-electron chi connectivity index (χ0n) is 16.3. The van der Waals surface area contributed by atoms with E-state index in [2.05, 4.69) is 0 Å². The van der Waals surface area contributed by atoms with Gasteiger partial charge in [-0.15, -0.1) is 0 Å². The second-order valence-electron chi connectivity index (χ2n) is 7.67. The molecule has 9 heteroatoms. The van der Waals surface area contributed by atoms with Crippen LogP contribution in [0.5, 0.6) is 11.5 Å². The van der Waals surface area contributed by atoms with Crippen LogP contribution in [0.4, 0.5) is 0 Å². The third-order valence-electron chi connectivity index (χ3n) is 5.91. The second-order valence-corrected chi connectivity index (χ2v) is 10.0. The minimum atomic E-state index is -3.57. The molecule has 0 spiro atoms. The van der Waals surface area contributed by atoms with E-state index >= 15 is 0 Å². The van der Waals surface area contributed by atoms with Gasteiger partial charge in [0.2, 0.25) is 16.8 Å². The van der Waals surface area contributed by atoms with E-state index in [4.69, 9.17) is 21.1 Å². The van der Waals surface area contributed by atoms with E-state index in [-0.39, 0.29) is 25.8 Å². The standard InChI is InChI=1S/C21H21ClN2O5S/c22-18-11-16(12-19-20(18)29-13-28-19)21(25)23-6-8-24(9-7-23)30(26,27)17-5-4-14-2-1-3-15(14)10-17/h4-5,10-12H,1-3,6-9,13H2. The van der Waals surface area contributed by atoms with Crippen LogP contribution in [-0.4, -0.2) is 56.5 Å². The van der Waals surface area contributed by atoms with E-state index in [0.29, 0.717) is 40.1 Å². The van der Waals surface area contributed by atoms with Crippen molar-refractivity contribution in [1.29, 1.82) is 0 Å². The molecule has 0 bridgehead atoms. The number of hydrogen-bond donors (Lipinski definition) is 0. The monoisotopic (exact) mass is 448 g/mol. The maximum absolute atomic E-state index is 13.1. The highest BCUT2D eigenvalue weighted by Crippen LogP contribution is 2.40. The van der Waals surface area contributed by atoms with Crippen LogP contribution >= 0.6 is 11.6 Å². The Morgan fingerprint density at radius 3 is 2.53 bits per heavy atom. The Kier molecular flexibility index (Phi) is 4.88. The molecule has 1 saturated heterocycles. The Morgan fingerprint density at radius 2 is 1.73 bits per heavy atom.